The van der Waals surface area contributed by atoms with E-state index >= 15 is 0 Å². The van der Waals surface area contributed by atoms with Crippen LogP contribution in [0.1, 0.15) is 51.5 Å². The molecule has 1 aliphatic rings. The number of ether oxygens (including phenoxy) is 1. The molecule has 2 amide bonds. The fraction of sp³-hybridized carbons (Fsp3) is 0.591. The Morgan fingerprint density at radius 1 is 1.21 bits per heavy atom. The lowest BCUT2D eigenvalue weighted by Gasteiger charge is -2.36. The topological polar surface area (TPSA) is 91.2 Å². The van der Waals surface area contributed by atoms with E-state index in [1.54, 1.807) is 0 Å². The Morgan fingerprint density at radius 2 is 1.93 bits per heavy atom. The van der Waals surface area contributed by atoms with Crippen LogP contribution >= 0.6 is 0 Å². The van der Waals surface area contributed by atoms with Crippen molar-refractivity contribution in [3.63, 3.8) is 0 Å². The molecule has 1 fully saturated rings. The van der Waals surface area contributed by atoms with Gasteiger partial charge < -0.3 is 15.4 Å². The van der Waals surface area contributed by atoms with Gasteiger partial charge in [-0.3, -0.25) is 4.79 Å². The molecule has 152 valence electrons. The molecule has 28 heavy (non-hydrogen) atoms. The minimum Gasteiger partial charge on any atom is -0.446 e. The first-order chi connectivity index (χ1) is 13.4. The number of alkyl carbamates (subject to hydrolysis) is 1. The number of carbonyl (C=O) groups is 2. The van der Waals surface area contributed by atoms with Crippen molar-refractivity contribution in [1.82, 2.24) is 10.6 Å². The van der Waals surface area contributed by atoms with Gasteiger partial charge in [-0.25, -0.2) is 4.79 Å². The number of benzene rings is 1. The van der Waals surface area contributed by atoms with Crippen molar-refractivity contribution in [2.75, 3.05) is 13.1 Å². The van der Waals surface area contributed by atoms with Crippen molar-refractivity contribution in [3.8, 4) is 6.07 Å². The third kappa shape index (κ3) is 6.26. The van der Waals surface area contributed by atoms with Gasteiger partial charge >= 0.3 is 6.09 Å². The standard InChI is InChI=1S/C22H31N3O3/c1-15(2)18-10-9-16(3)13-20(18)28-22(27)25-14-19(21(26)24-12-11-23)17-7-5-4-6-8-17/h4-8,15-16,18-20H,9-10,12-14H2,1-3H3,(H,24,26)(H,25,27). The van der Waals surface area contributed by atoms with Crippen molar-refractivity contribution in [2.24, 2.45) is 17.8 Å². The monoisotopic (exact) mass is 385 g/mol. The van der Waals surface area contributed by atoms with Crippen LogP contribution in [0.15, 0.2) is 30.3 Å². The Labute approximate surface area is 167 Å². The van der Waals surface area contributed by atoms with E-state index in [1.165, 1.54) is 6.42 Å². The highest BCUT2D eigenvalue weighted by Crippen LogP contribution is 2.35. The fourth-order valence-electron chi connectivity index (χ4n) is 3.91. The number of nitriles is 1. The van der Waals surface area contributed by atoms with Gasteiger partial charge in [0.2, 0.25) is 5.91 Å². The lowest BCUT2D eigenvalue weighted by atomic mass is 9.75. The summed E-state index contributed by atoms with van der Waals surface area (Å²) in [4.78, 5) is 24.9. The summed E-state index contributed by atoms with van der Waals surface area (Å²) in [5.41, 5.74) is 0.782. The average Bonchev–Trinajstić information content (AvgIpc) is 2.67. The molecule has 0 heterocycles. The van der Waals surface area contributed by atoms with Gasteiger partial charge in [0, 0.05) is 6.54 Å². The molecule has 0 radical (unpaired) electrons. The molecular weight excluding hydrogens is 354 g/mol. The van der Waals surface area contributed by atoms with Crippen molar-refractivity contribution < 1.29 is 14.3 Å². The summed E-state index contributed by atoms with van der Waals surface area (Å²) in [5.74, 6) is 0.499. The van der Waals surface area contributed by atoms with Crippen LogP contribution in [0.3, 0.4) is 0 Å². The van der Waals surface area contributed by atoms with Crippen molar-refractivity contribution in [1.29, 1.82) is 5.26 Å². The van der Waals surface area contributed by atoms with Gasteiger partial charge in [-0.2, -0.15) is 5.26 Å². The third-order valence-corrected chi connectivity index (χ3v) is 5.53. The second-order valence-electron chi connectivity index (χ2n) is 7.99. The normalized spacial score (nSPS) is 22.8. The van der Waals surface area contributed by atoms with E-state index in [4.69, 9.17) is 10.00 Å². The number of hydrogen-bond acceptors (Lipinski definition) is 4. The van der Waals surface area contributed by atoms with Crippen LogP contribution in [0.2, 0.25) is 0 Å². The number of nitrogens with one attached hydrogen (secondary N) is 2. The Balaban J connectivity index is 1.98. The molecular formula is C22H31N3O3. The molecule has 6 nitrogen and oxygen atoms in total. The third-order valence-electron chi connectivity index (χ3n) is 5.53. The number of nitrogens with zero attached hydrogens (tertiary/aromatic N) is 1. The van der Waals surface area contributed by atoms with Gasteiger partial charge in [-0.15, -0.1) is 0 Å². The first kappa shape index (κ1) is 21.7. The summed E-state index contributed by atoms with van der Waals surface area (Å²) < 4.78 is 5.75. The minimum atomic E-state index is -0.576. The highest BCUT2D eigenvalue weighted by molar-refractivity contribution is 5.84. The summed E-state index contributed by atoms with van der Waals surface area (Å²) in [5, 5.41) is 14.0. The number of rotatable bonds is 7. The van der Waals surface area contributed by atoms with Gasteiger partial charge in [0.05, 0.1) is 12.0 Å². The Kier molecular flexibility index (Phi) is 8.31. The van der Waals surface area contributed by atoms with Gasteiger partial charge in [0.15, 0.2) is 0 Å². The Hall–Kier alpha value is -2.55. The van der Waals surface area contributed by atoms with Crippen LogP contribution in [0.4, 0.5) is 4.79 Å². The summed E-state index contributed by atoms with van der Waals surface area (Å²) in [7, 11) is 0. The van der Waals surface area contributed by atoms with Gasteiger partial charge in [-0.05, 0) is 36.2 Å². The van der Waals surface area contributed by atoms with Crippen molar-refractivity contribution >= 4 is 12.0 Å². The molecule has 1 aliphatic carbocycles. The summed E-state index contributed by atoms with van der Waals surface area (Å²) in [6, 6.07) is 11.1. The van der Waals surface area contributed by atoms with Crippen LogP contribution in [0.25, 0.3) is 0 Å². The summed E-state index contributed by atoms with van der Waals surface area (Å²) in [6.07, 6.45) is 2.53. The van der Waals surface area contributed by atoms with E-state index in [0.717, 1.165) is 18.4 Å². The average molecular weight is 386 g/mol. The molecule has 0 aliphatic heterocycles. The highest BCUT2D eigenvalue weighted by Gasteiger charge is 2.33. The fourth-order valence-corrected chi connectivity index (χ4v) is 3.91. The quantitative estimate of drug-likeness (QED) is 0.702. The van der Waals surface area contributed by atoms with E-state index in [2.05, 4.69) is 31.4 Å². The lowest BCUT2D eigenvalue weighted by molar-refractivity contribution is -0.122. The second-order valence-corrected chi connectivity index (χ2v) is 7.99. The predicted molar refractivity (Wildman–Crippen MR) is 107 cm³/mol. The molecule has 2 rings (SSSR count). The summed E-state index contributed by atoms with van der Waals surface area (Å²) in [6.45, 7) is 6.58. The molecule has 0 bridgehead atoms. The Morgan fingerprint density at radius 3 is 2.57 bits per heavy atom. The molecule has 1 saturated carbocycles. The SMILES string of the molecule is CC1CCC(C(C)C)C(OC(=O)NCC(C(=O)NCC#N)c2ccccc2)C1. The maximum Gasteiger partial charge on any atom is 0.407 e. The van der Waals surface area contributed by atoms with Crippen LogP contribution in [0.5, 0.6) is 0 Å². The maximum atomic E-state index is 12.4. The predicted octanol–water partition coefficient (Wildman–Crippen LogP) is 3.60. The van der Waals surface area contributed by atoms with Gasteiger partial charge in [0.25, 0.3) is 0 Å². The molecule has 1 aromatic rings. The van der Waals surface area contributed by atoms with E-state index in [1.807, 2.05) is 36.4 Å². The zero-order valence-electron chi connectivity index (χ0n) is 17.0. The second kappa shape index (κ2) is 10.7. The maximum absolute atomic E-state index is 12.4. The zero-order valence-corrected chi connectivity index (χ0v) is 17.0. The van der Waals surface area contributed by atoms with Crippen LogP contribution in [-0.4, -0.2) is 31.2 Å². The molecule has 2 N–H and O–H groups in total. The molecule has 0 spiro atoms. The van der Waals surface area contributed by atoms with Gasteiger partial charge in [0.1, 0.15) is 12.6 Å². The molecule has 6 heteroatoms. The van der Waals surface area contributed by atoms with Crippen molar-refractivity contribution in [2.45, 2.75) is 52.1 Å². The molecule has 4 atom stereocenters. The van der Waals surface area contributed by atoms with E-state index < -0.39 is 12.0 Å². The Bertz CT molecular complexity index is 684. The number of carbonyl (C=O) groups excluding carboxylic acids is 2. The first-order valence-electron chi connectivity index (χ1n) is 10.1. The number of hydrogen-bond donors (Lipinski definition) is 2. The van der Waals surface area contributed by atoms with Crippen LogP contribution in [-0.2, 0) is 9.53 Å². The van der Waals surface area contributed by atoms with Crippen LogP contribution < -0.4 is 10.6 Å². The molecule has 0 aromatic heterocycles. The first-order valence-corrected chi connectivity index (χ1v) is 10.1. The minimum absolute atomic E-state index is 0.0668. The van der Waals surface area contributed by atoms with Gasteiger partial charge in [-0.1, -0.05) is 57.5 Å². The van der Waals surface area contributed by atoms with E-state index in [-0.39, 0.29) is 25.1 Å². The molecule has 1 aromatic carbocycles. The summed E-state index contributed by atoms with van der Waals surface area (Å²) >= 11 is 0. The number of amides is 2. The van der Waals surface area contributed by atoms with Crippen molar-refractivity contribution in [3.05, 3.63) is 35.9 Å². The smallest absolute Gasteiger partial charge is 0.407 e. The van der Waals surface area contributed by atoms with E-state index in [0.29, 0.717) is 17.8 Å². The molecule has 4 unspecified atom stereocenters. The van der Waals surface area contributed by atoms with Crippen LogP contribution in [0, 0.1) is 29.1 Å². The molecule has 0 saturated heterocycles. The lowest BCUT2D eigenvalue weighted by Crippen LogP contribution is -2.41. The largest absolute Gasteiger partial charge is 0.446 e. The zero-order chi connectivity index (χ0) is 20.5. The van der Waals surface area contributed by atoms with E-state index in [9.17, 15) is 9.59 Å². The highest BCUT2D eigenvalue weighted by atomic mass is 16.6.